The van der Waals surface area contributed by atoms with E-state index in [-0.39, 0.29) is 11.9 Å². The number of ether oxygens (including phenoxy) is 1. The lowest BCUT2D eigenvalue weighted by Gasteiger charge is -2.26. The van der Waals surface area contributed by atoms with E-state index in [1.807, 2.05) is 0 Å². The number of pyridine rings is 1. The number of halogens is 1. The zero-order valence-corrected chi connectivity index (χ0v) is 8.12. The first-order valence-electron chi connectivity index (χ1n) is 4.26. The number of amides is 1. The van der Waals surface area contributed by atoms with Crippen LogP contribution < -0.4 is 5.32 Å². The van der Waals surface area contributed by atoms with Gasteiger partial charge in [0, 0.05) is 11.2 Å². The Kier molecular flexibility index (Phi) is 2.65. The lowest BCUT2D eigenvalue weighted by Crippen LogP contribution is -2.48. The summed E-state index contributed by atoms with van der Waals surface area (Å²) in [7, 11) is 0. The van der Waals surface area contributed by atoms with Gasteiger partial charge in [0.1, 0.15) is 5.69 Å². The smallest absolute Gasteiger partial charge is 0.270 e. The molecule has 1 aromatic rings. The summed E-state index contributed by atoms with van der Waals surface area (Å²) in [5, 5.41) is 3.28. The Balaban J connectivity index is 2.02. The van der Waals surface area contributed by atoms with E-state index in [0.717, 1.165) is 0 Å². The minimum absolute atomic E-state index is 0.114. The maximum absolute atomic E-state index is 11.5. The fraction of sp³-hybridized carbons (Fsp3) is 0.333. The third-order valence-electron chi connectivity index (χ3n) is 1.93. The minimum Gasteiger partial charge on any atom is -0.377 e. The molecule has 1 amide bonds. The Morgan fingerprint density at radius 1 is 1.64 bits per heavy atom. The number of carbonyl (C=O) groups excluding carboxylic acids is 1. The highest BCUT2D eigenvalue weighted by Gasteiger charge is 2.21. The maximum Gasteiger partial charge on any atom is 0.270 e. The normalized spacial score (nSPS) is 16.1. The van der Waals surface area contributed by atoms with Crippen molar-refractivity contribution in [3.05, 3.63) is 29.0 Å². The highest BCUT2D eigenvalue weighted by atomic mass is 35.5. The molecule has 2 heterocycles. The summed E-state index contributed by atoms with van der Waals surface area (Å²) in [6, 6.07) is 3.28. The molecule has 74 valence electrons. The standard InChI is InChI=1S/C9H9ClN2O2/c10-6-1-2-11-8(3-6)9(13)12-7-4-14-5-7/h1-3,7H,4-5H2,(H,12,13). The molecule has 0 aliphatic carbocycles. The quantitative estimate of drug-likeness (QED) is 0.791. The number of nitrogens with zero attached hydrogens (tertiary/aromatic N) is 1. The van der Waals surface area contributed by atoms with Crippen molar-refractivity contribution in [2.24, 2.45) is 0 Å². The van der Waals surface area contributed by atoms with E-state index in [1.165, 1.54) is 12.3 Å². The van der Waals surface area contributed by atoms with Crippen molar-refractivity contribution in [2.45, 2.75) is 6.04 Å². The van der Waals surface area contributed by atoms with Crippen LogP contribution in [0.2, 0.25) is 5.02 Å². The van der Waals surface area contributed by atoms with E-state index in [9.17, 15) is 4.79 Å². The monoisotopic (exact) mass is 212 g/mol. The van der Waals surface area contributed by atoms with E-state index in [4.69, 9.17) is 16.3 Å². The first kappa shape index (κ1) is 9.43. The molecule has 0 spiro atoms. The third kappa shape index (κ3) is 2.02. The average Bonchev–Trinajstić information content (AvgIpc) is 2.11. The number of aromatic nitrogens is 1. The number of hydrogen-bond donors (Lipinski definition) is 1. The van der Waals surface area contributed by atoms with Crippen LogP contribution in [0.4, 0.5) is 0 Å². The van der Waals surface area contributed by atoms with E-state index in [0.29, 0.717) is 23.9 Å². The summed E-state index contributed by atoms with van der Waals surface area (Å²) < 4.78 is 4.93. The average molecular weight is 213 g/mol. The van der Waals surface area contributed by atoms with Gasteiger partial charge in [-0.05, 0) is 12.1 Å². The van der Waals surface area contributed by atoms with Gasteiger partial charge in [-0.2, -0.15) is 0 Å². The first-order chi connectivity index (χ1) is 6.75. The molecule has 4 nitrogen and oxygen atoms in total. The van der Waals surface area contributed by atoms with E-state index < -0.39 is 0 Å². The second-order valence-corrected chi connectivity index (χ2v) is 3.50. The Hall–Kier alpha value is -1.13. The molecule has 0 unspecified atom stereocenters. The largest absolute Gasteiger partial charge is 0.377 e. The van der Waals surface area contributed by atoms with Gasteiger partial charge in [0.05, 0.1) is 19.3 Å². The molecule has 1 fully saturated rings. The lowest BCUT2D eigenvalue weighted by atomic mass is 10.2. The summed E-state index contributed by atoms with van der Waals surface area (Å²) in [5.41, 5.74) is 0.337. The summed E-state index contributed by atoms with van der Waals surface area (Å²) in [6.45, 7) is 1.15. The van der Waals surface area contributed by atoms with Crippen molar-refractivity contribution in [1.29, 1.82) is 0 Å². The summed E-state index contributed by atoms with van der Waals surface area (Å²) >= 11 is 5.73. The van der Waals surface area contributed by atoms with Crippen LogP contribution in [0.1, 0.15) is 10.5 Å². The predicted octanol–water partition coefficient (Wildman–Crippen LogP) is 0.864. The van der Waals surface area contributed by atoms with Crippen LogP contribution in [0.25, 0.3) is 0 Å². The molecule has 0 saturated carbocycles. The fourth-order valence-electron chi connectivity index (χ4n) is 1.11. The minimum atomic E-state index is -0.208. The predicted molar refractivity (Wildman–Crippen MR) is 51.3 cm³/mol. The van der Waals surface area contributed by atoms with Gasteiger partial charge >= 0.3 is 0 Å². The molecule has 1 aliphatic rings. The Morgan fingerprint density at radius 3 is 3.00 bits per heavy atom. The number of rotatable bonds is 2. The van der Waals surface area contributed by atoms with Crippen molar-refractivity contribution in [1.82, 2.24) is 10.3 Å². The van der Waals surface area contributed by atoms with Gasteiger partial charge in [-0.3, -0.25) is 9.78 Å². The maximum atomic E-state index is 11.5. The van der Waals surface area contributed by atoms with E-state index >= 15 is 0 Å². The van der Waals surface area contributed by atoms with Crippen molar-refractivity contribution in [2.75, 3.05) is 13.2 Å². The molecule has 5 heteroatoms. The third-order valence-corrected chi connectivity index (χ3v) is 2.16. The van der Waals surface area contributed by atoms with Crippen LogP contribution in [0.3, 0.4) is 0 Å². The van der Waals surface area contributed by atoms with Gasteiger partial charge in [-0.15, -0.1) is 0 Å². The number of carbonyl (C=O) groups is 1. The second-order valence-electron chi connectivity index (χ2n) is 3.07. The highest BCUT2D eigenvalue weighted by Crippen LogP contribution is 2.08. The fourth-order valence-corrected chi connectivity index (χ4v) is 1.27. The molecule has 2 rings (SSSR count). The number of nitrogens with one attached hydrogen (secondary N) is 1. The molecule has 14 heavy (non-hydrogen) atoms. The van der Waals surface area contributed by atoms with Gasteiger partial charge < -0.3 is 10.1 Å². The molecule has 1 aromatic heterocycles. The van der Waals surface area contributed by atoms with Crippen molar-refractivity contribution >= 4 is 17.5 Å². The zero-order chi connectivity index (χ0) is 9.97. The van der Waals surface area contributed by atoms with Crippen LogP contribution in [-0.4, -0.2) is 30.1 Å². The van der Waals surface area contributed by atoms with Gasteiger partial charge in [0.2, 0.25) is 0 Å². The van der Waals surface area contributed by atoms with Crippen molar-refractivity contribution in [3.8, 4) is 0 Å². The second kappa shape index (κ2) is 3.94. The molecule has 1 saturated heterocycles. The molecule has 1 N–H and O–H groups in total. The number of hydrogen-bond acceptors (Lipinski definition) is 3. The molecule has 0 radical (unpaired) electrons. The van der Waals surface area contributed by atoms with Crippen LogP contribution in [-0.2, 0) is 4.74 Å². The first-order valence-corrected chi connectivity index (χ1v) is 4.63. The molecule has 0 bridgehead atoms. The Bertz CT molecular complexity index is 352. The van der Waals surface area contributed by atoms with Gasteiger partial charge in [-0.25, -0.2) is 0 Å². The Morgan fingerprint density at radius 2 is 2.43 bits per heavy atom. The molecular weight excluding hydrogens is 204 g/mol. The van der Waals surface area contributed by atoms with Gasteiger partial charge in [0.15, 0.2) is 0 Å². The molecular formula is C9H9ClN2O2. The van der Waals surface area contributed by atoms with E-state index in [1.54, 1.807) is 6.07 Å². The topological polar surface area (TPSA) is 51.2 Å². The SMILES string of the molecule is O=C(NC1COC1)c1cc(Cl)ccn1. The van der Waals surface area contributed by atoms with Crippen LogP contribution in [0.5, 0.6) is 0 Å². The summed E-state index contributed by atoms with van der Waals surface area (Å²) in [4.78, 5) is 15.4. The van der Waals surface area contributed by atoms with Crippen LogP contribution in [0.15, 0.2) is 18.3 Å². The van der Waals surface area contributed by atoms with Crippen molar-refractivity contribution < 1.29 is 9.53 Å². The lowest BCUT2D eigenvalue weighted by molar-refractivity contribution is -0.00354. The summed E-state index contributed by atoms with van der Waals surface area (Å²) in [5.74, 6) is -0.208. The van der Waals surface area contributed by atoms with Crippen LogP contribution in [0, 0.1) is 0 Å². The molecule has 0 aromatic carbocycles. The van der Waals surface area contributed by atoms with Gasteiger partial charge in [-0.1, -0.05) is 11.6 Å². The summed E-state index contributed by atoms with van der Waals surface area (Å²) in [6.07, 6.45) is 1.51. The van der Waals surface area contributed by atoms with E-state index in [2.05, 4.69) is 10.3 Å². The van der Waals surface area contributed by atoms with Crippen LogP contribution >= 0.6 is 11.6 Å². The molecule has 0 atom stereocenters. The van der Waals surface area contributed by atoms with Gasteiger partial charge in [0.25, 0.3) is 5.91 Å². The molecule has 1 aliphatic heterocycles. The Labute approximate surface area is 86.2 Å². The van der Waals surface area contributed by atoms with Crippen molar-refractivity contribution in [3.63, 3.8) is 0 Å². The zero-order valence-electron chi connectivity index (χ0n) is 7.37. The highest BCUT2D eigenvalue weighted by molar-refractivity contribution is 6.30.